The maximum Gasteiger partial charge on any atom is 0.217 e. The van der Waals surface area contributed by atoms with Crippen LogP contribution in [0.1, 0.15) is 12.5 Å². The second kappa shape index (κ2) is 6.08. The van der Waals surface area contributed by atoms with Gasteiger partial charge in [-0.25, -0.2) is 0 Å². The van der Waals surface area contributed by atoms with E-state index in [0.29, 0.717) is 5.56 Å². The van der Waals surface area contributed by atoms with Gasteiger partial charge < -0.3 is 30.5 Å². The molecule has 1 amide bonds. The molecule has 5 atom stereocenters. The third kappa shape index (κ3) is 2.92. The standard InChI is InChI=1S/C14H19NO6/c1-8(17)15-13-12(19)11(18)10(7-16)21-14(13,20)9-5-3-2-4-6-9/h2-6,10-13,16,18-20H,7H2,1H3,(H,15,17)/t10-,11+,12+,13-,14+/m1/s1. The summed E-state index contributed by atoms with van der Waals surface area (Å²) in [4.78, 5) is 11.3. The van der Waals surface area contributed by atoms with Crippen molar-refractivity contribution in [2.75, 3.05) is 6.61 Å². The van der Waals surface area contributed by atoms with E-state index < -0.39 is 42.7 Å². The van der Waals surface area contributed by atoms with E-state index in [1.54, 1.807) is 30.3 Å². The number of hydrogen-bond donors (Lipinski definition) is 5. The lowest BCUT2D eigenvalue weighted by Crippen LogP contribution is -2.68. The van der Waals surface area contributed by atoms with Crippen LogP contribution in [0.25, 0.3) is 0 Å². The number of rotatable bonds is 3. The van der Waals surface area contributed by atoms with Gasteiger partial charge in [0, 0.05) is 12.5 Å². The number of ether oxygens (including phenoxy) is 1. The van der Waals surface area contributed by atoms with Crippen LogP contribution in [0.2, 0.25) is 0 Å². The molecule has 1 heterocycles. The lowest BCUT2D eigenvalue weighted by molar-refractivity contribution is -0.326. The molecule has 21 heavy (non-hydrogen) atoms. The van der Waals surface area contributed by atoms with Gasteiger partial charge in [-0.05, 0) is 0 Å². The minimum atomic E-state index is -2.06. The molecule has 5 N–H and O–H groups in total. The van der Waals surface area contributed by atoms with Crippen molar-refractivity contribution < 1.29 is 30.0 Å². The van der Waals surface area contributed by atoms with Gasteiger partial charge in [-0.1, -0.05) is 30.3 Å². The first-order valence-electron chi connectivity index (χ1n) is 6.60. The smallest absolute Gasteiger partial charge is 0.217 e. The Hall–Kier alpha value is -1.51. The molecule has 7 nitrogen and oxygen atoms in total. The van der Waals surface area contributed by atoms with Crippen molar-refractivity contribution in [3.05, 3.63) is 35.9 Å². The van der Waals surface area contributed by atoms with Crippen LogP contribution in [0.15, 0.2) is 30.3 Å². The number of benzene rings is 1. The molecule has 0 aromatic heterocycles. The fraction of sp³-hybridized carbons (Fsp3) is 0.500. The van der Waals surface area contributed by atoms with Crippen LogP contribution in [0.5, 0.6) is 0 Å². The van der Waals surface area contributed by atoms with E-state index in [-0.39, 0.29) is 0 Å². The van der Waals surface area contributed by atoms with Gasteiger partial charge in [0.1, 0.15) is 24.4 Å². The highest BCUT2D eigenvalue weighted by atomic mass is 16.6. The van der Waals surface area contributed by atoms with Crippen LogP contribution in [-0.4, -0.2) is 57.3 Å². The summed E-state index contributed by atoms with van der Waals surface area (Å²) in [5.41, 5.74) is 0.299. The average Bonchev–Trinajstić information content (AvgIpc) is 2.48. The minimum Gasteiger partial charge on any atom is -0.394 e. The highest BCUT2D eigenvalue weighted by Gasteiger charge is 2.54. The molecule has 0 aliphatic carbocycles. The molecule has 1 aromatic rings. The normalized spacial score (nSPS) is 36.2. The summed E-state index contributed by atoms with van der Waals surface area (Å²) in [6.07, 6.45) is -4.10. The van der Waals surface area contributed by atoms with Gasteiger partial charge in [0.05, 0.1) is 6.61 Å². The molecule has 2 rings (SSSR count). The summed E-state index contributed by atoms with van der Waals surface area (Å²) < 4.78 is 5.39. The monoisotopic (exact) mass is 297 g/mol. The molecular weight excluding hydrogens is 278 g/mol. The van der Waals surface area contributed by atoms with Crippen molar-refractivity contribution in [3.8, 4) is 0 Å². The first kappa shape index (κ1) is 15.9. The Morgan fingerprint density at radius 3 is 2.43 bits per heavy atom. The number of hydrogen-bond acceptors (Lipinski definition) is 6. The molecular formula is C14H19NO6. The summed E-state index contributed by atoms with van der Waals surface area (Å²) in [7, 11) is 0. The predicted molar refractivity (Wildman–Crippen MR) is 71.9 cm³/mol. The van der Waals surface area contributed by atoms with Crippen LogP contribution in [-0.2, 0) is 15.3 Å². The summed E-state index contributed by atoms with van der Waals surface area (Å²) in [5.74, 6) is -2.55. The van der Waals surface area contributed by atoms with Gasteiger partial charge in [-0.3, -0.25) is 4.79 Å². The molecule has 116 valence electrons. The molecule has 0 spiro atoms. The van der Waals surface area contributed by atoms with E-state index >= 15 is 0 Å². The number of aliphatic hydroxyl groups is 4. The molecule has 0 saturated carbocycles. The van der Waals surface area contributed by atoms with E-state index in [1.807, 2.05) is 0 Å². The molecule has 0 radical (unpaired) electrons. The molecule has 1 fully saturated rings. The Morgan fingerprint density at radius 2 is 1.90 bits per heavy atom. The summed E-state index contributed by atoms with van der Waals surface area (Å²) in [5, 5.41) is 42.5. The quantitative estimate of drug-likeness (QED) is 0.461. The molecule has 0 unspecified atom stereocenters. The fourth-order valence-electron chi connectivity index (χ4n) is 2.49. The van der Waals surface area contributed by atoms with Crippen LogP contribution in [0.4, 0.5) is 0 Å². The largest absolute Gasteiger partial charge is 0.394 e. The van der Waals surface area contributed by atoms with Crippen molar-refractivity contribution in [1.82, 2.24) is 5.32 Å². The van der Waals surface area contributed by atoms with Crippen molar-refractivity contribution in [1.29, 1.82) is 0 Å². The van der Waals surface area contributed by atoms with Crippen LogP contribution in [0.3, 0.4) is 0 Å². The number of amides is 1. The first-order valence-corrected chi connectivity index (χ1v) is 6.60. The Balaban J connectivity index is 2.44. The Bertz CT molecular complexity index is 495. The Kier molecular flexibility index (Phi) is 4.60. The predicted octanol–water partition coefficient (Wildman–Crippen LogP) is -1.55. The third-order valence-corrected chi connectivity index (χ3v) is 3.55. The van der Waals surface area contributed by atoms with E-state index in [2.05, 4.69) is 5.32 Å². The Morgan fingerprint density at radius 1 is 1.29 bits per heavy atom. The number of aliphatic hydroxyl groups excluding tert-OH is 3. The highest BCUT2D eigenvalue weighted by Crippen LogP contribution is 2.36. The van der Waals surface area contributed by atoms with E-state index in [4.69, 9.17) is 4.74 Å². The van der Waals surface area contributed by atoms with E-state index in [1.165, 1.54) is 6.92 Å². The lowest BCUT2D eigenvalue weighted by atomic mass is 9.86. The van der Waals surface area contributed by atoms with Gasteiger partial charge in [-0.15, -0.1) is 0 Å². The zero-order valence-electron chi connectivity index (χ0n) is 11.5. The van der Waals surface area contributed by atoms with Crippen molar-refractivity contribution in [2.45, 2.75) is 37.1 Å². The van der Waals surface area contributed by atoms with Crippen molar-refractivity contribution in [2.24, 2.45) is 0 Å². The first-order chi connectivity index (χ1) is 9.90. The lowest BCUT2D eigenvalue weighted by Gasteiger charge is -2.47. The molecule has 7 heteroatoms. The maximum absolute atomic E-state index is 11.3. The highest BCUT2D eigenvalue weighted by molar-refractivity contribution is 5.73. The zero-order chi connectivity index (χ0) is 15.6. The van der Waals surface area contributed by atoms with E-state index in [9.17, 15) is 25.2 Å². The molecule has 1 aliphatic heterocycles. The van der Waals surface area contributed by atoms with Gasteiger partial charge in [0.25, 0.3) is 0 Å². The molecule has 0 bridgehead atoms. The maximum atomic E-state index is 11.3. The zero-order valence-corrected chi connectivity index (χ0v) is 11.5. The van der Waals surface area contributed by atoms with Crippen LogP contribution < -0.4 is 5.32 Å². The summed E-state index contributed by atoms with van der Waals surface area (Å²) in [6.45, 7) is 0.642. The topological polar surface area (TPSA) is 119 Å². The second-order valence-corrected chi connectivity index (χ2v) is 5.06. The van der Waals surface area contributed by atoms with Crippen LogP contribution >= 0.6 is 0 Å². The number of carbonyl (C=O) groups excluding carboxylic acids is 1. The summed E-state index contributed by atoms with van der Waals surface area (Å²) in [6, 6.07) is 6.91. The summed E-state index contributed by atoms with van der Waals surface area (Å²) >= 11 is 0. The Labute approximate surface area is 121 Å². The number of nitrogens with one attached hydrogen (secondary N) is 1. The van der Waals surface area contributed by atoms with Crippen LogP contribution in [0, 0.1) is 0 Å². The van der Waals surface area contributed by atoms with Gasteiger partial charge >= 0.3 is 0 Å². The molecule has 1 aliphatic rings. The van der Waals surface area contributed by atoms with Crippen molar-refractivity contribution >= 4 is 5.91 Å². The molecule has 1 aromatic carbocycles. The number of carbonyl (C=O) groups is 1. The third-order valence-electron chi connectivity index (χ3n) is 3.55. The van der Waals surface area contributed by atoms with Crippen molar-refractivity contribution in [3.63, 3.8) is 0 Å². The van der Waals surface area contributed by atoms with Gasteiger partial charge in [0.15, 0.2) is 0 Å². The SMILES string of the molecule is CC(=O)N[C@@H]1[C@@H](O)[C@@H](O)[C@@H](CO)O[C@@]1(O)c1ccccc1. The van der Waals surface area contributed by atoms with Gasteiger partial charge in [0.2, 0.25) is 11.7 Å². The molecule has 1 saturated heterocycles. The van der Waals surface area contributed by atoms with Gasteiger partial charge in [-0.2, -0.15) is 0 Å². The average molecular weight is 297 g/mol. The fourth-order valence-corrected chi connectivity index (χ4v) is 2.49. The second-order valence-electron chi connectivity index (χ2n) is 5.06. The van der Waals surface area contributed by atoms with E-state index in [0.717, 1.165) is 0 Å². The minimum absolute atomic E-state index is 0.299.